The molecule has 0 saturated carbocycles. The van der Waals surface area contributed by atoms with Crippen LogP contribution in [0, 0.1) is 0 Å². The Balaban J connectivity index is 2.57. The van der Waals surface area contributed by atoms with Crippen molar-refractivity contribution in [3.05, 3.63) is 0 Å². The van der Waals surface area contributed by atoms with Gasteiger partial charge in [0, 0.05) is 39.8 Å². The summed E-state index contributed by atoms with van der Waals surface area (Å²) in [6, 6.07) is 0. The van der Waals surface area contributed by atoms with Crippen LogP contribution in [-0.4, -0.2) is 55.6 Å². The highest BCUT2D eigenvalue weighted by molar-refractivity contribution is 5.79. The number of hydrazine groups is 1. The van der Waals surface area contributed by atoms with Crippen molar-refractivity contribution in [1.82, 2.24) is 15.2 Å². The minimum Gasteiger partial charge on any atom is -0.339 e. The fourth-order valence-electron chi connectivity index (χ4n) is 1.44. The lowest BCUT2D eigenvalue weighted by atomic mass is 10.4. The van der Waals surface area contributed by atoms with Crippen LogP contribution in [0.25, 0.3) is 0 Å². The van der Waals surface area contributed by atoms with E-state index in [0.717, 1.165) is 38.7 Å². The zero-order valence-corrected chi connectivity index (χ0v) is 8.45. The average molecular weight is 185 g/mol. The maximum Gasteiger partial charge on any atom is 0.210 e. The molecule has 0 unspecified atom stereocenters. The first-order chi connectivity index (χ1) is 6.25. The molecule has 0 aromatic heterocycles. The summed E-state index contributed by atoms with van der Waals surface area (Å²) < 4.78 is 0. The van der Waals surface area contributed by atoms with Gasteiger partial charge in [0.05, 0.1) is 0 Å². The first-order valence-electron chi connectivity index (χ1n) is 4.74. The second kappa shape index (κ2) is 5.04. The summed E-state index contributed by atoms with van der Waals surface area (Å²) in [5.41, 5.74) is 0. The van der Waals surface area contributed by atoms with Crippen molar-refractivity contribution in [1.29, 1.82) is 0 Å². The molecule has 0 spiro atoms. The summed E-state index contributed by atoms with van der Waals surface area (Å²) in [5.74, 6) is 6.59. The summed E-state index contributed by atoms with van der Waals surface area (Å²) in [7, 11) is 1.83. The molecule has 0 radical (unpaired) electrons. The minimum absolute atomic E-state index is 0.779. The fraction of sp³-hybridized carbons (Fsp3) is 0.875. The Kier molecular flexibility index (Phi) is 3.98. The molecule has 1 aliphatic rings. The molecule has 0 aliphatic carbocycles. The maximum atomic E-state index is 5.69. The molecule has 76 valence electrons. The summed E-state index contributed by atoms with van der Waals surface area (Å²) in [6.45, 7) is 6.79. The number of hydrogen-bond acceptors (Lipinski definition) is 3. The SMILES string of the molecule is CC/N=C(/N(C)N)N1CCNCC1. The van der Waals surface area contributed by atoms with E-state index in [0.29, 0.717) is 0 Å². The molecule has 3 N–H and O–H groups in total. The van der Waals surface area contributed by atoms with Gasteiger partial charge in [-0.05, 0) is 6.92 Å². The zero-order chi connectivity index (χ0) is 9.68. The van der Waals surface area contributed by atoms with Crippen molar-refractivity contribution < 1.29 is 0 Å². The molecule has 0 aromatic carbocycles. The Labute approximate surface area is 79.6 Å². The Morgan fingerprint density at radius 1 is 1.54 bits per heavy atom. The van der Waals surface area contributed by atoms with E-state index in [4.69, 9.17) is 5.84 Å². The van der Waals surface area contributed by atoms with Crippen LogP contribution in [0.4, 0.5) is 0 Å². The first-order valence-corrected chi connectivity index (χ1v) is 4.74. The summed E-state index contributed by atoms with van der Waals surface area (Å²) in [4.78, 5) is 6.57. The van der Waals surface area contributed by atoms with Crippen LogP contribution in [0.15, 0.2) is 4.99 Å². The van der Waals surface area contributed by atoms with Crippen molar-refractivity contribution in [2.75, 3.05) is 39.8 Å². The monoisotopic (exact) mass is 185 g/mol. The minimum atomic E-state index is 0.779. The molecular weight excluding hydrogens is 166 g/mol. The molecule has 5 nitrogen and oxygen atoms in total. The second-order valence-corrected chi connectivity index (χ2v) is 3.12. The molecule has 1 aliphatic heterocycles. The standard InChI is InChI=1S/C8H19N5/c1-3-11-8(12(2)9)13-6-4-10-5-7-13/h10H,3-7,9H2,1-2H3/b11-8-. The van der Waals surface area contributed by atoms with Gasteiger partial charge in [-0.15, -0.1) is 0 Å². The van der Waals surface area contributed by atoms with Gasteiger partial charge in [-0.2, -0.15) is 0 Å². The van der Waals surface area contributed by atoms with Gasteiger partial charge in [-0.3, -0.25) is 10.0 Å². The van der Waals surface area contributed by atoms with E-state index in [1.54, 1.807) is 5.01 Å². The van der Waals surface area contributed by atoms with Gasteiger partial charge in [-0.1, -0.05) is 0 Å². The van der Waals surface area contributed by atoms with Crippen molar-refractivity contribution in [2.45, 2.75) is 6.92 Å². The highest BCUT2D eigenvalue weighted by Gasteiger charge is 2.15. The van der Waals surface area contributed by atoms with Crippen molar-refractivity contribution >= 4 is 5.96 Å². The predicted octanol–water partition coefficient (Wildman–Crippen LogP) is -0.927. The van der Waals surface area contributed by atoms with Gasteiger partial charge >= 0.3 is 0 Å². The number of aliphatic imine (C=N–C) groups is 1. The van der Waals surface area contributed by atoms with Crippen molar-refractivity contribution in [2.24, 2.45) is 10.8 Å². The van der Waals surface area contributed by atoms with Crippen LogP contribution >= 0.6 is 0 Å². The average Bonchev–Trinajstić information content (AvgIpc) is 2.15. The molecule has 1 fully saturated rings. The lowest BCUT2D eigenvalue weighted by Gasteiger charge is -2.32. The van der Waals surface area contributed by atoms with E-state index >= 15 is 0 Å². The highest BCUT2D eigenvalue weighted by Crippen LogP contribution is 1.96. The number of guanidine groups is 1. The van der Waals surface area contributed by atoms with Gasteiger partial charge in [-0.25, -0.2) is 5.84 Å². The molecule has 1 rings (SSSR count). The van der Waals surface area contributed by atoms with Crippen LogP contribution in [-0.2, 0) is 0 Å². The molecular formula is C8H19N5. The van der Waals surface area contributed by atoms with Crippen LogP contribution in [0.1, 0.15) is 6.92 Å². The molecule has 1 saturated heterocycles. The number of nitrogens with one attached hydrogen (secondary N) is 1. The van der Waals surface area contributed by atoms with Crippen LogP contribution in [0.5, 0.6) is 0 Å². The molecule has 5 heteroatoms. The van der Waals surface area contributed by atoms with E-state index < -0.39 is 0 Å². The third-order valence-electron chi connectivity index (χ3n) is 2.01. The van der Waals surface area contributed by atoms with Crippen molar-refractivity contribution in [3.8, 4) is 0 Å². The molecule has 0 amide bonds. The van der Waals surface area contributed by atoms with E-state index in [-0.39, 0.29) is 0 Å². The molecule has 0 bridgehead atoms. The summed E-state index contributed by atoms with van der Waals surface area (Å²) in [6.07, 6.45) is 0. The lowest BCUT2D eigenvalue weighted by molar-refractivity contribution is 0.310. The van der Waals surface area contributed by atoms with Gasteiger partial charge < -0.3 is 10.2 Å². The van der Waals surface area contributed by atoms with Crippen molar-refractivity contribution in [3.63, 3.8) is 0 Å². The van der Waals surface area contributed by atoms with Crippen LogP contribution < -0.4 is 11.2 Å². The third-order valence-corrected chi connectivity index (χ3v) is 2.01. The first kappa shape index (κ1) is 10.3. The molecule has 0 aromatic rings. The number of rotatable bonds is 1. The summed E-state index contributed by atoms with van der Waals surface area (Å²) >= 11 is 0. The summed E-state index contributed by atoms with van der Waals surface area (Å²) in [5, 5.41) is 4.89. The molecule has 13 heavy (non-hydrogen) atoms. The Morgan fingerprint density at radius 3 is 2.62 bits per heavy atom. The smallest absolute Gasteiger partial charge is 0.210 e. The fourth-order valence-corrected chi connectivity index (χ4v) is 1.44. The van der Waals surface area contributed by atoms with E-state index in [2.05, 4.69) is 15.2 Å². The third kappa shape index (κ3) is 2.86. The topological polar surface area (TPSA) is 56.9 Å². The normalized spacial score (nSPS) is 19.0. The van der Waals surface area contributed by atoms with Gasteiger partial charge in [0.2, 0.25) is 5.96 Å². The second-order valence-electron chi connectivity index (χ2n) is 3.12. The zero-order valence-electron chi connectivity index (χ0n) is 8.45. The Hall–Kier alpha value is -0.810. The Morgan fingerprint density at radius 2 is 2.15 bits per heavy atom. The van der Waals surface area contributed by atoms with E-state index in [1.807, 2.05) is 14.0 Å². The van der Waals surface area contributed by atoms with Gasteiger partial charge in [0.25, 0.3) is 0 Å². The van der Waals surface area contributed by atoms with Crippen LogP contribution in [0.3, 0.4) is 0 Å². The Bertz CT molecular complexity index is 171. The maximum absolute atomic E-state index is 5.69. The quantitative estimate of drug-likeness (QED) is 0.240. The van der Waals surface area contributed by atoms with Gasteiger partial charge in [0.15, 0.2) is 0 Å². The number of piperazine rings is 1. The number of nitrogens with two attached hydrogens (primary N) is 1. The lowest BCUT2D eigenvalue weighted by Crippen LogP contribution is -2.53. The number of hydrogen-bond donors (Lipinski definition) is 2. The predicted molar refractivity (Wildman–Crippen MR) is 54.4 cm³/mol. The highest BCUT2D eigenvalue weighted by atomic mass is 15.5. The largest absolute Gasteiger partial charge is 0.339 e. The van der Waals surface area contributed by atoms with E-state index in [9.17, 15) is 0 Å². The van der Waals surface area contributed by atoms with Crippen LogP contribution in [0.2, 0.25) is 0 Å². The van der Waals surface area contributed by atoms with E-state index in [1.165, 1.54) is 0 Å². The molecule has 1 heterocycles. The molecule has 0 atom stereocenters. The number of nitrogens with zero attached hydrogens (tertiary/aromatic N) is 3. The van der Waals surface area contributed by atoms with Gasteiger partial charge in [0.1, 0.15) is 0 Å².